The molecule has 2 heterocycles. The van der Waals surface area contributed by atoms with Gasteiger partial charge in [0.25, 0.3) is 0 Å². The van der Waals surface area contributed by atoms with Gasteiger partial charge in [-0.05, 0) is 31.5 Å². The maximum Gasteiger partial charge on any atom is 0.443 e. The molecule has 0 amide bonds. The van der Waals surface area contributed by atoms with Gasteiger partial charge in [-0.1, -0.05) is 13.0 Å². The average Bonchev–Trinajstić information content (AvgIpc) is 2.91. The summed E-state index contributed by atoms with van der Waals surface area (Å²) < 4.78 is 38.1. The van der Waals surface area contributed by atoms with Crippen molar-refractivity contribution in [2.75, 3.05) is 6.54 Å². The molecule has 0 saturated heterocycles. The number of hydrogen-bond donors (Lipinski definition) is 1. The number of pyridine rings is 1. The minimum absolute atomic E-state index is 0.361. The van der Waals surface area contributed by atoms with E-state index in [1.807, 2.05) is 26.0 Å². The fraction of sp³-hybridized carbons (Fsp3) is 0.429. The largest absolute Gasteiger partial charge is 0.443 e. The summed E-state index contributed by atoms with van der Waals surface area (Å²) in [6.07, 6.45) is -0.589. The maximum absolute atomic E-state index is 12.7. The lowest BCUT2D eigenvalue weighted by molar-refractivity contribution is -0.137. The Morgan fingerprint density at radius 3 is 2.67 bits per heavy atom. The van der Waals surface area contributed by atoms with Gasteiger partial charge in [-0.25, -0.2) is 4.98 Å². The van der Waals surface area contributed by atoms with Crippen molar-refractivity contribution in [1.29, 1.82) is 0 Å². The van der Waals surface area contributed by atoms with Crippen LogP contribution in [-0.2, 0) is 6.18 Å². The number of nitrogens with one attached hydrogen (secondary N) is 1. The number of alkyl halides is 3. The van der Waals surface area contributed by atoms with Crippen molar-refractivity contribution in [2.24, 2.45) is 0 Å². The van der Waals surface area contributed by atoms with Crippen molar-refractivity contribution in [1.82, 2.24) is 15.3 Å². The summed E-state index contributed by atoms with van der Waals surface area (Å²) in [5, 5.41) is 2.42. The monoisotopic (exact) mass is 315 g/mol. The Balaban J connectivity index is 2.37. The number of hydrogen-bond acceptors (Lipinski definition) is 4. The van der Waals surface area contributed by atoms with E-state index < -0.39 is 11.2 Å². The van der Waals surface area contributed by atoms with Crippen LogP contribution in [0.15, 0.2) is 24.5 Å². The third-order valence-electron chi connectivity index (χ3n) is 2.97. The molecule has 1 unspecified atom stereocenters. The molecule has 0 bridgehead atoms. The van der Waals surface area contributed by atoms with E-state index in [1.165, 1.54) is 6.20 Å². The summed E-state index contributed by atoms with van der Waals surface area (Å²) in [4.78, 5) is 8.34. The Bertz CT molecular complexity index is 595. The van der Waals surface area contributed by atoms with E-state index in [0.717, 1.165) is 17.7 Å². The van der Waals surface area contributed by atoms with Crippen molar-refractivity contribution in [2.45, 2.75) is 32.5 Å². The first-order chi connectivity index (χ1) is 9.93. The minimum Gasteiger partial charge on any atom is -0.304 e. The minimum atomic E-state index is -4.41. The molecule has 7 heteroatoms. The van der Waals surface area contributed by atoms with Crippen LogP contribution in [-0.4, -0.2) is 16.5 Å². The summed E-state index contributed by atoms with van der Waals surface area (Å²) in [7, 11) is 0. The highest BCUT2D eigenvalue weighted by Crippen LogP contribution is 2.36. The van der Waals surface area contributed by atoms with Gasteiger partial charge in [0.2, 0.25) is 0 Å². The second-order valence-electron chi connectivity index (χ2n) is 4.66. The lowest BCUT2D eigenvalue weighted by Crippen LogP contribution is -2.24. The van der Waals surface area contributed by atoms with Crippen LogP contribution in [0.3, 0.4) is 0 Å². The van der Waals surface area contributed by atoms with Crippen molar-refractivity contribution >= 4 is 11.3 Å². The molecule has 0 radical (unpaired) electrons. The molecule has 0 aliphatic heterocycles. The molecule has 0 spiro atoms. The zero-order valence-corrected chi connectivity index (χ0v) is 12.6. The molecule has 2 aromatic rings. The molecule has 0 aliphatic carbocycles. The van der Waals surface area contributed by atoms with Crippen LogP contribution in [0, 0.1) is 6.92 Å². The van der Waals surface area contributed by atoms with Gasteiger partial charge in [-0.3, -0.25) is 4.98 Å². The van der Waals surface area contributed by atoms with E-state index >= 15 is 0 Å². The SMILES string of the molecule is CCCNC(c1cnc(C(F)(F)F)s1)c1ncccc1C. The van der Waals surface area contributed by atoms with Gasteiger partial charge in [0.05, 0.1) is 11.7 Å². The number of rotatable bonds is 5. The molecule has 3 nitrogen and oxygen atoms in total. The highest BCUT2D eigenvalue weighted by molar-refractivity contribution is 7.11. The van der Waals surface area contributed by atoms with E-state index in [4.69, 9.17) is 0 Å². The molecule has 114 valence electrons. The second-order valence-corrected chi connectivity index (χ2v) is 5.72. The third kappa shape index (κ3) is 3.79. The van der Waals surface area contributed by atoms with Crippen LogP contribution in [0.1, 0.15) is 40.5 Å². The first kappa shape index (κ1) is 15.9. The Labute approximate surface area is 125 Å². The fourth-order valence-corrected chi connectivity index (χ4v) is 2.83. The standard InChI is InChI=1S/C14H16F3N3S/c1-3-6-18-12(11-9(2)5-4-7-19-11)10-8-20-13(21-10)14(15,16)17/h4-5,7-8,12,18H,3,6H2,1-2H3. The Kier molecular flexibility index (Phi) is 4.95. The van der Waals surface area contributed by atoms with Gasteiger partial charge in [-0.2, -0.15) is 13.2 Å². The number of aromatic nitrogens is 2. The van der Waals surface area contributed by atoms with Gasteiger partial charge in [0.1, 0.15) is 0 Å². The van der Waals surface area contributed by atoms with Gasteiger partial charge < -0.3 is 5.32 Å². The predicted octanol–water partition coefficient (Wildman–Crippen LogP) is 3.95. The summed E-state index contributed by atoms with van der Waals surface area (Å²) in [5.41, 5.74) is 1.68. The van der Waals surface area contributed by atoms with Crippen LogP contribution in [0.2, 0.25) is 0 Å². The van der Waals surface area contributed by atoms with E-state index in [-0.39, 0.29) is 6.04 Å². The van der Waals surface area contributed by atoms with Gasteiger partial charge in [0, 0.05) is 17.3 Å². The highest BCUT2D eigenvalue weighted by Gasteiger charge is 2.35. The number of nitrogens with zero attached hydrogens (tertiary/aromatic N) is 2. The maximum atomic E-state index is 12.7. The molecule has 1 N–H and O–H groups in total. The summed E-state index contributed by atoms with van der Waals surface area (Å²) >= 11 is 0.663. The van der Waals surface area contributed by atoms with Crippen molar-refractivity contribution in [3.8, 4) is 0 Å². The average molecular weight is 315 g/mol. The molecule has 1 atom stereocenters. The van der Waals surface area contributed by atoms with Crippen LogP contribution < -0.4 is 5.32 Å². The molecule has 0 aromatic carbocycles. The quantitative estimate of drug-likeness (QED) is 0.907. The third-order valence-corrected chi connectivity index (χ3v) is 4.08. The molecule has 0 saturated carbocycles. The van der Waals surface area contributed by atoms with Crippen molar-refractivity contribution < 1.29 is 13.2 Å². The van der Waals surface area contributed by atoms with Crippen LogP contribution in [0.25, 0.3) is 0 Å². The molecular weight excluding hydrogens is 299 g/mol. The van der Waals surface area contributed by atoms with Crippen LogP contribution in [0.5, 0.6) is 0 Å². The predicted molar refractivity (Wildman–Crippen MR) is 76.2 cm³/mol. The van der Waals surface area contributed by atoms with Crippen LogP contribution in [0.4, 0.5) is 13.2 Å². The zero-order valence-electron chi connectivity index (χ0n) is 11.7. The fourth-order valence-electron chi connectivity index (χ4n) is 1.97. The summed E-state index contributed by atoms with van der Waals surface area (Å²) in [6, 6.07) is 3.35. The van der Waals surface area contributed by atoms with Gasteiger partial charge >= 0.3 is 6.18 Å². The molecule has 2 rings (SSSR count). The molecule has 0 aliphatic rings. The van der Waals surface area contributed by atoms with Gasteiger partial charge in [-0.15, -0.1) is 11.3 Å². The number of thiazole rings is 1. The molecule has 21 heavy (non-hydrogen) atoms. The van der Waals surface area contributed by atoms with E-state index in [0.29, 0.717) is 22.8 Å². The first-order valence-electron chi connectivity index (χ1n) is 6.61. The Morgan fingerprint density at radius 1 is 1.33 bits per heavy atom. The molecule has 2 aromatic heterocycles. The Hall–Kier alpha value is -1.47. The molecule has 0 fully saturated rings. The topological polar surface area (TPSA) is 37.8 Å². The normalized spacial score (nSPS) is 13.4. The number of halogens is 3. The zero-order chi connectivity index (χ0) is 15.5. The summed E-state index contributed by atoms with van der Waals surface area (Å²) in [5.74, 6) is 0. The second kappa shape index (κ2) is 6.53. The smallest absolute Gasteiger partial charge is 0.304 e. The van der Waals surface area contributed by atoms with E-state index in [9.17, 15) is 13.2 Å². The lowest BCUT2D eigenvalue weighted by Gasteiger charge is -2.18. The summed E-state index contributed by atoms with van der Waals surface area (Å²) in [6.45, 7) is 4.59. The molecular formula is C14H16F3N3S. The van der Waals surface area contributed by atoms with E-state index in [2.05, 4.69) is 15.3 Å². The number of aryl methyl sites for hydroxylation is 1. The van der Waals surface area contributed by atoms with Gasteiger partial charge in [0.15, 0.2) is 5.01 Å². The first-order valence-corrected chi connectivity index (χ1v) is 7.43. The van der Waals surface area contributed by atoms with Crippen molar-refractivity contribution in [3.05, 3.63) is 45.7 Å². The van der Waals surface area contributed by atoms with Crippen LogP contribution >= 0.6 is 11.3 Å². The van der Waals surface area contributed by atoms with E-state index in [1.54, 1.807) is 6.20 Å². The highest BCUT2D eigenvalue weighted by atomic mass is 32.1. The van der Waals surface area contributed by atoms with Crippen molar-refractivity contribution in [3.63, 3.8) is 0 Å². The Morgan fingerprint density at radius 2 is 2.10 bits per heavy atom. The lowest BCUT2D eigenvalue weighted by atomic mass is 10.1.